The standard InChI is InChI=1S/C17H29N3/c1-3-7-15(12-18)13-20-11-10-19(2)14-17(20)16-8-5-4-6-9-16/h4-6,8-9,15,17H,3,7,10-14,18H2,1-2H3. The monoisotopic (exact) mass is 275 g/mol. The molecular formula is C17H29N3. The lowest BCUT2D eigenvalue weighted by Gasteiger charge is -2.41. The molecule has 0 amide bonds. The van der Waals surface area contributed by atoms with Crippen LogP contribution in [0.4, 0.5) is 0 Å². The van der Waals surface area contributed by atoms with Gasteiger partial charge in [0.1, 0.15) is 0 Å². The molecule has 1 fully saturated rings. The third-order valence-corrected chi connectivity index (χ3v) is 4.40. The second kappa shape index (κ2) is 7.77. The molecule has 0 aliphatic carbocycles. The molecular weight excluding hydrogens is 246 g/mol. The number of nitrogens with zero attached hydrogens (tertiary/aromatic N) is 2. The highest BCUT2D eigenvalue weighted by Gasteiger charge is 2.27. The van der Waals surface area contributed by atoms with Gasteiger partial charge in [-0.1, -0.05) is 43.7 Å². The molecule has 1 aliphatic heterocycles. The summed E-state index contributed by atoms with van der Waals surface area (Å²) in [6.45, 7) is 7.62. The molecule has 0 saturated carbocycles. The van der Waals surface area contributed by atoms with Crippen LogP contribution in [-0.4, -0.2) is 49.6 Å². The van der Waals surface area contributed by atoms with E-state index in [4.69, 9.17) is 5.73 Å². The molecule has 0 aromatic heterocycles. The van der Waals surface area contributed by atoms with Crippen molar-refractivity contribution in [2.24, 2.45) is 11.7 Å². The molecule has 1 heterocycles. The smallest absolute Gasteiger partial charge is 0.0475 e. The number of benzene rings is 1. The van der Waals surface area contributed by atoms with Gasteiger partial charge in [0.15, 0.2) is 0 Å². The summed E-state index contributed by atoms with van der Waals surface area (Å²) in [5.41, 5.74) is 7.39. The molecule has 20 heavy (non-hydrogen) atoms. The molecule has 1 saturated heterocycles. The van der Waals surface area contributed by atoms with Crippen molar-refractivity contribution in [2.45, 2.75) is 25.8 Å². The van der Waals surface area contributed by atoms with E-state index in [1.54, 1.807) is 0 Å². The van der Waals surface area contributed by atoms with Gasteiger partial charge in [0.05, 0.1) is 0 Å². The average Bonchev–Trinajstić information content (AvgIpc) is 2.49. The Labute approximate surface area is 123 Å². The third-order valence-electron chi connectivity index (χ3n) is 4.40. The van der Waals surface area contributed by atoms with Gasteiger partial charge in [-0.05, 0) is 31.5 Å². The van der Waals surface area contributed by atoms with Crippen LogP contribution in [0, 0.1) is 5.92 Å². The number of likely N-dealkylation sites (N-methyl/N-ethyl adjacent to an activating group) is 1. The summed E-state index contributed by atoms with van der Waals surface area (Å²) in [5, 5.41) is 0. The van der Waals surface area contributed by atoms with E-state index in [2.05, 4.69) is 54.1 Å². The van der Waals surface area contributed by atoms with Gasteiger partial charge in [-0.3, -0.25) is 4.90 Å². The Kier molecular flexibility index (Phi) is 6.02. The van der Waals surface area contributed by atoms with Crippen molar-refractivity contribution in [3.8, 4) is 0 Å². The molecule has 112 valence electrons. The molecule has 3 heteroatoms. The first-order valence-corrected chi connectivity index (χ1v) is 7.92. The van der Waals surface area contributed by atoms with E-state index in [-0.39, 0.29) is 0 Å². The van der Waals surface area contributed by atoms with Gasteiger partial charge >= 0.3 is 0 Å². The highest BCUT2D eigenvalue weighted by molar-refractivity contribution is 5.20. The Morgan fingerprint density at radius 3 is 2.65 bits per heavy atom. The second-order valence-corrected chi connectivity index (χ2v) is 6.07. The Bertz CT molecular complexity index is 379. The van der Waals surface area contributed by atoms with E-state index in [9.17, 15) is 0 Å². The number of piperazine rings is 1. The molecule has 2 rings (SSSR count). The summed E-state index contributed by atoms with van der Waals surface area (Å²) in [6, 6.07) is 11.4. The fourth-order valence-electron chi connectivity index (χ4n) is 3.19. The van der Waals surface area contributed by atoms with E-state index in [1.807, 2.05) is 0 Å². The maximum absolute atomic E-state index is 5.95. The lowest BCUT2D eigenvalue weighted by molar-refractivity contribution is 0.0745. The maximum Gasteiger partial charge on any atom is 0.0475 e. The third kappa shape index (κ3) is 4.05. The van der Waals surface area contributed by atoms with Crippen LogP contribution in [0.25, 0.3) is 0 Å². The van der Waals surface area contributed by atoms with Crippen molar-refractivity contribution >= 4 is 0 Å². The van der Waals surface area contributed by atoms with Gasteiger partial charge in [-0.15, -0.1) is 0 Å². The summed E-state index contributed by atoms with van der Waals surface area (Å²) < 4.78 is 0. The fourth-order valence-corrected chi connectivity index (χ4v) is 3.19. The first kappa shape index (κ1) is 15.5. The zero-order valence-corrected chi connectivity index (χ0v) is 13.0. The summed E-state index contributed by atoms with van der Waals surface area (Å²) in [6.07, 6.45) is 2.47. The first-order valence-electron chi connectivity index (χ1n) is 7.92. The molecule has 1 aromatic rings. The fraction of sp³-hybridized carbons (Fsp3) is 0.647. The molecule has 2 atom stereocenters. The van der Waals surface area contributed by atoms with Crippen LogP contribution in [-0.2, 0) is 0 Å². The minimum absolute atomic E-state index is 0.515. The van der Waals surface area contributed by atoms with Gasteiger partial charge in [0.25, 0.3) is 0 Å². The summed E-state index contributed by atoms with van der Waals surface area (Å²) >= 11 is 0. The topological polar surface area (TPSA) is 32.5 Å². The summed E-state index contributed by atoms with van der Waals surface area (Å²) in [4.78, 5) is 5.08. The quantitative estimate of drug-likeness (QED) is 0.865. The van der Waals surface area contributed by atoms with Crippen molar-refractivity contribution in [3.63, 3.8) is 0 Å². The number of nitrogens with two attached hydrogens (primary N) is 1. The van der Waals surface area contributed by atoms with E-state index in [0.717, 1.165) is 32.7 Å². The molecule has 3 nitrogen and oxygen atoms in total. The van der Waals surface area contributed by atoms with Gasteiger partial charge in [0.2, 0.25) is 0 Å². The Balaban J connectivity index is 2.08. The zero-order chi connectivity index (χ0) is 14.4. The van der Waals surface area contributed by atoms with E-state index >= 15 is 0 Å². The lowest BCUT2D eigenvalue weighted by atomic mass is 9.98. The molecule has 2 N–H and O–H groups in total. The predicted octanol–water partition coefficient (Wildman–Crippen LogP) is 2.35. The number of hydrogen-bond acceptors (Lipinski definition) is 3. The van der Waals surface area contributed by atoms with Crippen LogP contribution in [0.3, 0.4) is 0 Å². The van der Waals surface area contributed by atoms with Crippen LogP contribution < -0.4 is 5.73 Å². The molecule has 0 bridgehead atoms. The molecule has 1 aromatic carbocycles. The van der Waals surface area contributed by atoms with E-state index in [1.165, 1.54) is 18.4 Å². The van der Waals surface area contributed by atoms with Crippen molar-refractivity contribution in [2.75, 3.05) is 39.8 Å². The van der Waals surface area contributed by atoms with E-state index < -0.39 is 0 Å². The molecule has 2 unspecified atom stereocenters. The van der Waals surface area contributed by atoms with Crippen LogP contribution in [0.1, 0.15) is 31.4 Å². The van der Waals surface area contributed by atoms with Gasteiger partial charge in [-0.25, -0.2) is 0 Å². The Morgan fingerprint density at radius 1 is 1.25 bits per heavy atom. The summed E-state index contributed by atoms with van der Waals surface area (Å²) in [7, 11) is 2.22. The van der Waals surface area contributed by atoms with Crippen molar-refractivity contribution < 1.29 is 0 Å². The second-order valence-electron chi connectivity index (χ2n) is 6.07. The van der Waals surface area contributed by atoms with Crippen LogP contribution in [0.2, 0.25) is 0 Å². The lowest BCUT2D eigenvalue weighted by Crippen LogP contribution is -2.48. The van der Waals surface area contributed by atoms with Gasteiger partial charge in [-0.2, -0.15) is 0 Å². The van der Waals surface area contributed by atoms with Crippen LogP contribution in [0.5, 0.6) is 0 Å². The molecule has 0 spiro atoms. The zero-order valence-electron chi connectivity index (χ0n) is 13.0. The molecule has 0 radical (unpaired) electrons. The highest BCUT2D eigenvalue weighted by Crippen LogP contribution is 2.26. The van der Waals surface area contributed by atoms with Gasteiger partial charge in [0, 0.05) is 32.2 Å². The molecule has 1 aliphatic rings. The number of hydrogen-bond donors (Lipinski definition) is 1. The van der Waals surface area contributed by atoms with Gasteiger partial charge < -0.3 is 10.6 Å². The number of rotatable bonds is 6. The Hall–Kier alpha value is -0.900. The average molecular weight is 275 g/mol. The minimum atomic E-state index is 0.515. The SMILES string of the molecule is CCCC(CN)CN1CCN(C)CC1c1ccccc1. The minimum Gasteiger partial charge on any atom is -0.330 e. The Morgan fingerprint density at radius 2 is 2.00 bits per heavy atom. The predicted molar refractivity (Wildman–Crippen MR) is 85.7 cm³/mol. The largest absolute Gasteiger partial charge is 0.330 e. The van der Waals surface area contributed by atoms with Crippen molar-refractivity contribution in [1.82, 2.24) is 9.80 Å². The first-order chi connectivity index (χ1) is 9.74. The summed E-state index contributed by atoms with van der Waals surface area (Å²) in [5.74, 6) is 0.634. The van der Waals surface area contributed by atoms with Crippen LogP contribution in [0.15, 0.2) is 30.3 Å². The highest BCUT2D eigenvalue weighted by atomic mass is 15.3. The van der Waals surface area contributed by atoms with E-state index in [0.29, 0.717) is 12.0 Å². The van der Waals surface area contributed by atoms with Crippen molar-refractivity contribution in [3.05, 3.63) is 35.9 Å². The maximum atomic E-state index is 5.95. The van der Waals surface area contributed by atoms with Crippen molar-refractivity contribution in [1.29, 1.82) is 0 Å². The van der Waals surface area contributed by atoms with Crippen LogP contribution >= 0.6 is 0 Å². The normalized spacial score (nSPS) is 22.9.